The normalized spacial score (nSPS) is 10.5. The van der Waals surface area contributed by atoms with Crippen LogP contribution in [0.2, 0.25) is 0 Å². The lowest BCUT2D eigenvalue weighted by Crippen LogP contribution is -2.39. The summed E-state index contributed by atoms with van der Waals surface area (Å²) in [5.41, 5.74) is 1.77. The Labute approximate surface area is 134 Å². The fraction of sp³-hybridized carbons (Fsp3) is 0.467. The van der Waals surface area contributed by atoms with E-state index < -0.39 is 0 Å². The molecule has 0 radical (unpaired) electrons. The zero-order valence-electron chi connectivity index (χ0n) is 12.7. The number of nitrogens with one attached hydrogen (secondary N) is 2. The fourth-order valence-electron chi connectivity index (χ4n) is 1.82. The number of aryl methyl sites for hydroxylation is 1. The number of carbonyl (C=O) groups excluding carboxylic acids is 2. The molecule has 0 aliphatic carbocycles. The Bertz CT molecular complexity index is 506. The molecule has 1 rings (SSSR count). The predicted octanol–water partition coefficient (Wildman–Crippen LogP) is 2.15. The Morgan fingerprint density at radius 1 is 1.24 bits per heavy atom. The number of benzene rings is 1. The summed E-state index contributed by atoms with van der Waals surface area (Å²) in [7, 11) is 1.75. The Balaban J connectivity index is 2.44. The van der Waals surface area contributed by atoms with E-state index in [9.17, 15) is 9.59 Å². The average molecular weight is 356 g/mol. The van der Waals surface area contributed by atoms with E-state index in [4.69, 9.17) is 0 Å². The zero-order chi connectivity index (χ0) is 15.8. The first-order chi connectivity index (χ1) is 9.92. The van der Waals surface area contributed by atoms with E-state index in [1.165, 1.54) is 0 Å². The Morgan fingerprint density at radius 3 is 2.52 bits per heavy atom. The maximum atomic E-state index is 12.0. The van der Waals surface area contributed by atoms with Gasteiger partial charge in [0, 0.05) is 16.7 Å². The van der Waals surface area contributed by atoms with Crippen molar-refractivity contribution in [3.8, 4) is 0 Å². The van der Waals surface area contributed by atoms with Crippen LogP contribution in [0.5, 0.6) is 0 Å². The van der Waals surface area contributed by atoms with Crippen molar-refractivity contribution in [1.29, 1.82) is 0 Å². The van der Waals surface area contributed by atoms with E-state index >= 15 is 0 Å². The quantitative estimate of drug-likeness (QED) is 0.787. The Hall–Kier alpha value is -1.40. The smallest absolute Gasteiger partial charge is 0.238 e. The molecule has 1 aromatic carbocycles. The summed E-state index contributed by atoms with van der Waals surface area (Å²) in [4.78, 5) is 25.2. The van der Waals surface area contributed by atoms with Gasteiger partial charge in [0.2, 0.25) is 11.8 Å². The van der Waals surface area contributed by atoms with Crippen LogP contribution in [0.1, 0.15) is 18.9 Å². The lowest BCUT2D eigenvalue weighted by atomic mass is 10.2. The second kappa shape index (κ2) is 8.79. The molecular formula is C15H22BrN3O2. The minimum absolute atomic E-state index is 0.0630. The van der Waals surface area contributed by atoms with Gasteiger partial charge in [-0.1, -0.05) is 22.9 Å². The summed E-state index contributed by atoms with van der Waals surface area (Å²) in [5.74, 6) is -0.196. The van der Waals surface area contributed by atoms with Crippen molar-refractivity contribution in [3.05, 3.63) is 28.2 Å². The molecule has 21 heavy (non-hydrogen) atoms. The monoisotopic (exact) mass is 355 g/mol. The highest BCUT2D eigenvalue weighted by atomic mass is 79.9. The molecule has 0 saturated heterocycles. The molecule has 0 heterocycles. The molecule has 2 amide bonds. The summed E-state index contributed by atoms with van der Waals surface area (Å²) in [6, 6.07) is 5.67. The van der Waals surface area contributed by atoms with E-state index in [-0.39, 0.29) is 24.9 Å². The molecule has 0 atom stereocenters. The number of hydrogen-bond donors (Lipinski definition) is 2. The van der Waals surface area contributed by atoms with Gasteiger partial charge in [0.15, 0.2) is 0 Å². The van der Waals surface area contributed by atoms with E-state index in [2.05, 4.69) is 26.6 Å². The largest absolute Gasteiger partial charge is 0.355 e. The molecule has 5 nitrogen and oxygen atoms in total. The standard InChI is InChI=1S/C15H22BrN3O2/c1-4-7-17-14(20)9-19(3)10-15(21)18-13-6-5-12(16)8-11(13)2/h5-6,8H,4,7,9-10H2,1-3H3,(H,17,20)(H,18,21). The number of rotatable bonds is 7. The van der Waals surface area contributed by atoms with E-state index in [0.717, 1.165) is 22.1 Å². The zero-order valence-corrected chi connectivity index (χ0v) is 14.3. The van der Waals surface area contributed by atoms with Crippen LogP contribution in [0.3, 0.4) is 0 Å². The Kier molecular flexibility index (Phi) is 7.39. The minimum atomic E-state index is -0.133. The number of hydrogen-bond acceptors (Lipinski definition) is 3. The number of halogens is 1. The molecular weight excluding hydrogens is 334 g/mol. The number of anilines is 1. The predicted molar refractivity (Wildman–Crippen MR) is 88.3 cm³/mol. The number of carbonyl (C=O) groups is 2. The second-order valence-electron chi connectivity index (χ2n) is 5.03. The molecule has 0 aliphatic rings. The summed E-state index contributed by atoms with van der Waals surface area (Å²) in [6.45, 7) is 4.99. The lowest BCUT2D eigenvalue weighted by Gasteiger charge is -2.16. The minimum Gasteiger partial charge on any atom is -0.355 e. The van der Waals surface area contributed by atoms with Crippen LogP contribution in [-0.4, -0.2) is 43.4 Å². The van der Waals surface area contributed by atoms with Crippen molar-refractivity contribution in [2.45, 2.75) is 20.3 Å². The highest BCUT2D eigenvalue weighted by Gasteiger charge is 2.11. The molecule has 0 unspecified atom stereocenters. The van der Waals surface area contributed by atoms with Crippen molar-refractivity contribution >= 4 is 33.4 Å². The lowest BCUT2D eigenvalue weighted by molar-refractivity contribution is -0.122. The fourth-order valence-corrected chi connectivity index (χ4v) is 2.30. The van der Waals surface area contributed by atoms with Gasteiger partial charge in [-0.3, -0.25) is 14.5 Å². The van der Waals surface area contributed by atoms with E-state index in [1.807, 2.05) is 32.0 Å². The van der Waals surface area contributed by atoms with Crippen molar-refractivity contribution in [2.75, 3.05) is 32.0 Å². The molecule has 0 aliphatic heterocycles. The number of nitrogens with zero attached hydrogens (tertiary/aromatic N) is 1. The molecule has 0 bridgehead atoms. The third-order valence-electron chi connectivity index (χ3n) is 2.86. The number of likely N-dealkylation sites (N-methyl/N-ethyl adjacent to an activating group) is 1. The van der Waals surface area contributed by atoms with Crippen molar-refractivity contribution < 1.29 is 9.59 Å². The van der Waals surface area contributed by atoms with Crippen LogP contribution in [0.25, 0.3) is 0 Å². The van der Waals surface area contributed by atoms with Crippen LogP contribution in [0.4, 0.5) is 5.69 Å². The first-order valence-electron chi connectivity index (χ1n) is 6.93. The van der Waals surface area contributed by atoms with Crippen molar-refractivity contribution in [1.82, 2.24) is 10.2 Å². The summed E-state index contributed by atoms with van der Waals surface area (Å²) < 4.78 is 0.975. The summed E-state index contributed by atoms with van der Waals surface area (Å²) >= 11 is 3.39. The highest BCUT2D eigenvalue weighted by molar-refractivity contribution is 9.10. The Morgan fingerprint density at radius 2 is 1.90 bits per heavy atom. The van der Waals surface area contributed by atoms with Gasteiger partial charge in [0.1, 0.15) is 0 Å². The van der Waals surface area contributed by atoms with Crippen LogP contribution >= 0.6 is 15.9 Å². The third kappa shape index (κ3) is 6.73. The van der Waals surface area contributed by atoms with Gasteiger partial charge in [0.25, 0.3) is 0 Å². The maximum absolute atomic E-state index is 12.0. The maximum Gasteiger partial charge on any atom is 0.238 e. The molecule has 116 valence electrons. The third-order valence-corrected chi connectivity index (χ3v) is 3.36. The summed E-state index contributed by atoms with van der Waals surface area (Å²) in [5, 5.41) is 5.64. The van der Waals surface area contributed by atoms with Gasteiger partial charge in [-0.15, -0.1) is 0 Å². The molecule has 0 spiro atoms. The molecule has 0 fully saturated rings. The van der Waals surface area contributed by atoms with Crippen LogP contribution in [-0.2, 0) is 9.59 Å². The van der Waals surface area contributed by atoms with Gasteiger partial charge in [-0.25, -0.2) is 0 Å². The van der Waals surface area contributed by atoms with Gasteiger partial charge in [-0.2, -0.15) is 0 Å². The second-order valence-corrected chi connectivity index (χ2v) is 5.95. The van der Waals surface area contributed by atoms with Crippen LogP contribution in [0.15, 0.2) is 22.7 Å². The molecule has 6 heteroatoms. The highest BCUT2D eigenvalue weighted by Crippen LogP contribution is 2.19. The van der Waals surface area contributed by atoms with Crippen molar-refractivity contribution in [3.63, 3.8) is 0 Å². The van der Waals surface area contributed by atoms with Gasteiger partial charge >= 0.3 is 0 Å². The van der Waals surface area contributed by atoms with E-state index in [0.29, 0.717) is 6.54 Å². The topological polar surface area (TPSA) is 61.4 Å². The first kappa shape index (κ1) is 17.7. The molecule has 2 N–H and O–H groups in total. The van der Waals surface area contributed by atoms with Crippen molar-refractivity contribution in [2.24, 2.45) is 0 Å². The van der Waals surface area contributed by atoms with Gasteiger partial charge in [0.05, 0.1) is 13.1 Å². The van der Waals surface area contributed by atoms with Gasteiger partial charge < -0.3 is 10.6 Å². The van der Waals surface area contributed by atoms with Crippen LogP contribution in [0, 0.1) is 6.92 Å². The molecule has 0 saturated carbocycles. The van der Waals surface area contributed by atoms with Crippen LogP contribution < -0.4 is 10.6 Å². The van der Waals surface area contributed by atoms with E-state index in [1.54, 1.807) is 11.9 Å². The summed E-state index contributed by atoms with van der Waals surface area (Å²) in [6.07, 6.45) is 0.902. The molecule has 1 aromatic rings. The SMILES string of the molecule is CCCNC(=O)CN(C)CC(=O)Nc1ccc(Br)cc1C. The average Bonchev–Trinajstić information content (AvgIpc) is 2.39. The molecule has 0 aromatic heterocycles. The number of amides is 2. The first-order valence-corrected chi connectivity index (χ1v) is 7.73. The van der Waals surface area contributed by atoms with Gasteiger partial charge in [-0.05, 0) is 44.2 Å².